The molecule has 190 valence electrons. The third-order valence-electron chi connectivity index (χ3n) is 6.25. The molecule has 2 N–H and O–H groups in total. The number of carboxylic acids is 1. The Bertz CT molecular complexity index is 1460. The summed E-state index contributed by atoms with van der Waals surface area (Å²) in [6, 6.07) is 15.9. The first-order valence-corrected chi connectivity index (χ1v) is 11.8. The van der Waals surface area contributed by atoms with Gasteiger partial charge in [-0.15, -0.1) is 0 Å². The molecule has 8 nitrogen and oxygen atoms in total. The second-order valence-electron chi connectivity index (χ2n) is 8.60. The summed E-state index contributed by atoms with van der Waals surface area (Å²) >= 11 is 0. The highest BCUT2D eigenvalue weighted by molar-refractivity contribution is 6.12. The second-order valence-corrected chi connectivity index (χ2v) is 8.60. The molecule has 0 saturated carbocycles. The molecule has 1 aliphatic heterocycles. The molecule has 2 heterocycles. The predicted molar refractivity (Wildman–Crippen MR) is 136 cm³/mol. The molecule has 1 amide bonds. The van der Waals surface area contributed by atoms with Gasteiger partial charge >= 0.3 is 5.97 Å². The van der Waals surface area contributed by atoms with E-state index in [0.29, 0.717) is 65.5 Å². The van der Waals surface area contributed by atoms with Crippen molar-refractivity contribution in [2.24, 2.45) is 0 Å². The Balaban J connectivity index is 1.61. The van der Waals surface area contributed by atoms with E-state index in [2.05, 4.69) is 10.2 Å². The fraction of sp³-hybridized carbons (Fsp3) is 0.214. The quantitative estimate of drug-likeness (QED) is 0.376. The van der Waals surface area contributed by atoms with Crippen LogP contribution in [0.2, 0.25) is 0 Å². The highest BCUT2D eigenvalue weighted by Crippen LogP contribution is 2.41. The van der Waals surface area contributed by atoms with E-state index in [1.54, 1.807) is 36.4 Å². The third-order valence-corrected chi connectivity index (χ3v) is 6.25. The van der Waals surface area contributed by atoms with E-state index in [4.69, 9.17) is 13.9 Å². The van der Waals surface area contributed by atoms with E-state index >= 15 is 0 Å². The van der Waals surface area contributed by atoms with Gasteiger partial charge in [0.1, 0.15) is 29.5 Å². The van der Waals surface area contributed by atoms with Gasteiger partial charge in [-0.05, 0) is 48.0 Å². The molecule has 1 fully saturated rings. The van der Waals surface area contributed by atoms with Crippen LogP contribution >= 0.6 is 0 Å². The van der Waals surface area contributed by atoms with E-state index in [1.807, 2.05) is 6.07 Å². The number of fused-ring (bicyclic) bond motifs is 1. The third kappa shape index (κ3) is 4.99. The highest BCUT2D eigenvalue weighted by Gasteiger charge is 2.25. The summed E-state index contributed by atoms with van der Waals surface area (Å²) in [7, 11) is 1.53. The summed E-state index contributed by atoms with van der Waals surface area (Å²) in [4.78, 5) is 26.5. The maximum absolute atomic E-state index is 13.6. The fourth-order valence-electron chi connectivity index (χ4n) is 4.39. The van der Waals surface area contributed by atoms with Gasteiger partial charge in [0.15, 0.2) is 0 Å². The van der Waals surface area contributed by atoms with Crippen molar-refractivity contribution in [1.82, 2.24) is 5.32 Å². The molecule has 0 atom stereocenters. The topological polar surface area (TPSA) is 101 Å². The molecular formula is C28H25FN2O6. The van der Waals surface area contributed by atoms with Crippen LogP contribution in [0.15, 0.2) is 65.1 Å². The van der Waals surface area contributed by atoms with Crippen LogP contribution in [0.4, 0.5) is 10.1 Å². The molecule has 0 bridgehead atoms. The zero-order valence-electron chi connectivity index (χ0n) is 20.1. The maximum Gasteiger partial charge on any atom is 0.335 e. The van der Waals surface area contributed by atoms with E-state index < -0.39 is 11.8 Å². The Morgan fingerprint density at radius 2 is 1.84 bits per heavy atom. The first-order valence-electron chi connectivity index (χ1n) is 11.8. The number of nitrogens with one attached hydrogen (secondary N) is 1. The number of carboxylic acid groups (broad SMARTS) is 1. The molecule has 0 aliphatic carbocycles. The number of aromatic carboxylic acids is 1. The van der Waals surface area contributed by atoms with Gasteiger partial charge < -0.3 is 29.2 Å². The van der Waals surface area contributed by atoms with Crippen molar-refractivity contribution in [3.63, 3.8) is 0 Å². The molecular weight excluding hydrogens is 479 g/mol. The number of rotatable bonds is 7. The number of amides is 1. The van der Waals surface area contributed by atoms with Crippen LogP contribution in [0.1, 0.15) is 26.3 Å². The molecule has 1 aliphatic rings. The summed E-state index contributed by atoms with van der Waals surface area (Å²) in [5, 5.41) is 12.5. The van der Waals surface area contributed by atoms with Crippen molar-refractivity contribution in [2.75, 3.05) is 38.3 Å². The Hall–Kier alpha value is -4.37. The lowest BCUT2D eigenvalue weighted by atomic mass is 10.0. The van der Waals surface area contributed by atoms with Crippen molar-refractivity contribution in [3.8, 4) is 17.1 Å². The van der Waals surface area contributed by atoms with E-state index in [9.17, 15) is 19.1 Å². The molecule has 1 aromatic heterocycles. The maximum atomic E-state index is 13.6. The Labute approximate surface area is 212 Å². The Kier molecular flexibility index (Phi) is 6.78. The minimum atomic E-state index is -1.01. The smallest absolute Gasteiger partial charge is 0.335 e. The van der Waals surface area contributed by atoms with Gasteiger partial charge in [0.05, 0.1) is 30.0 Å². The zero-order chi connectivity index (χ0) is 25.9. The minimum absolute atomic E-state index is 0.127. The van der Waals surface area contributed by atoms with E-state index in [-0.39, 0.29) is 18.1 Å². The molecule has 5 rings (SSSR count). The Morgan fingerprint density at radius 1 is 1.08 bits per heavy atom. The van der Waals surface area contributed by atoms with Crippen LogP contribution in [0, 0.1) is 5.82 Å². The molecule has 0 unspecified atom stereocenters. The number of carbonyl (C=O) groups is 2. The summed E-state index contributed by atoms with van der Waals surface area (Å²) in [6.07, 6.45) is 0. The number of halogens is 1. The van der Waals surface area contributed by atoms with E-state index in [1.165, 1.54) is 25.2 Å². The fourth-order valence-corrected chi connectivity index (χ4v) is 4.39. The number of nitrogens with zero attached hydrogens (tertiary/aromatic N) is 1. The van der Waals surface area contributed by atoms with Gasteiger partial charge in [0.2, 0.25) is 0 Å². The number of ether oxygens (including phenoxy) is 2. The van der Waals surface area contributed by atoms with Crippen molar-refractivity contribution in [2.45, 2.75) is 6.61 Å². The number of hydrogen-bond donors (Lipinski definition) is 2. The minimum Gasteiger partial charge on any atom is -0.487 e. The number of benzene rings is 3. The average Bonchev–Trinajstić information content (AvgIpc) is 3.30. The molecule has 0 spiro atoms. The van der Waals surface area contributed by atoms with Crippen molar-refractivity contribution >= 4 is 28.5 Å². The molecule has 37 heavy (non-hydrogen) atoms. The van der Waals surface area contributed by atoms with Gasteiger partial charge in [0, 0.05) is 37.2 Å². The molecule has 9 heteroatoms. The second kappa shape index (κ2) is 10.3. The molecule has 1 saturated heterocycles. The van der Waals surface area contributed by atoms with Gasteiger partial charge in [-0.3, -0.25) is 4.79 Å². The van der Waals surface area contributed by atoms with Crippen LogP contribution in [-0.4, -0.2) is 50.3 Å². The largest absolute Gasteiger partial charge is 0.487 e. The summed E-state index contributed by atoms with van der Waals surface area (Å²) in [6.45, 7) is 2.53. The van der Waals surface area contributed by atoms with Crippen LogP contribution in [-0.2, 0) is 11.3 Å². The predicted octanol–water partition coefficient (Wildman–Crippen LogP) is 4.71. The molecule has 4 aromatic rings. The summed E-state index contributed by atoms with van der Waals surface area (Å²) in [5.74, 6) is -0.907. The SMILES string of the molecule is CNC(=O)c1c(-c2ccc(F)cc2)oc2cc(N3CCOCC3)c(OCc3cccc(C(=O)O)c3)cc12. The first-order chi connectivity index (χ1) is 17.9. The standard InChI is InChI=1S/C28H25FN2O6/c1-30-27(32)25-21-14-24(36-16-17-3-2-4-19(13-17)28(33)34)22(31-9-11-35-12-10-31)15-23(21)37-26(25)18-5-7-20(29)8-6-18/h2-8,13-15H,9-12,16H2,1H3,(H,30,32)(H,33,34). The van der Waals surface area contributed by atoms with Crippen LogP contribution in [0.25, 0.3) is 22.3 Å². The first kappa shape index (κ1) is 24.3. The van der Waals surface area contributed by atoms with Gasteiger partial charge in [-0.1, -0.05) is 12.1 Å². The van der Waals surface area contributed by atoms with E-state index in [0.717, 1.165) is 5.69 Å². The molecule has 3 aromatic carbocycles. The lowest BCUT2D eigenvalue weighted by Crippen LogP contribution is -2.36. The van der Waals surface area contributed by atoms with Crippen LogP contribution < -0.4 is 15.0 Å². The normalized spacial score (nSPS) is 13.5. The zero-order valence-corrected chi connectivity index (χ0v) is 20.1. The average molecular weight is 505 g/mol. The number of morpholine rings is 1. The van der Waals surface area contributed by atoms with Gasteiger partial charge in [-0.2, -0.15) is 0 Å². The van der Waals surface area contributed by atoms with Gasteiger partial charge in [-0.25, -0.2) is 9.18 Å². The lowest BCUT2D eigenvalue weighted by molar-refractivity contribution is 0.0696. The number of hydrogen-bond acceptors (Lipinski definition) is 6. The number of carbonyl (C=O) groups excluding carboxylic acids is 1. The van der Waals surface area contributed by atoms with Crippen molar-refractivity contribution in [1.29, 1.82) is 0 Å². The van der Waals surface area contributed by atoms with Crippen molar-refractivity contribution < 1.29 is 33.0 Å². The number of anilines is 1. The van der Waals surface area contributed by atoms with Gasteiger partial charge in [0.25, 0.3) is 5.91 Å². The van der Waals surface area contributed by atoms with Crippen LogP contribution in [0.3, 0.4) is 0 Å². The summed E-state index contributed by atoms with van der Waals surface area (Å²) in [5.41, 5.74) is 3.00. The summed E-state index contributed by atoms with van der Waals surface area (Å²) < 4.78 is 31.5. The molecule has 0 radical (unpaired) electrons. The Morgan fingerprint density at radius 3 is 2.54 bits per heavy atom. The highest BCUT2D eigenvalue weighted by atomic mass is 19.1. The lowest BCUT2D eigenvalue weighted by Gasteiger charge is -2.30. The van der Waals surface area contributed by atoms with Crippen molar-refractivity contribution in [3.05, 3.63) is 83.2 Å². The number of furan rings is 1. The van der Waals surface area contributed by atoms with Crippen LogP contribution in [0.5, 0.6) is 5.75 Å². The monoisotopic (exact) mass is 504 g/mol.